The monoisotopic (exact) mass is 392 g/mol. The van der Waals surface area contributed by atoms with Crippen LogP contribution in [0.4, 0.5) is 0 Å². The van der Waals surface area contributed by atoms with E-state index in [0.717, 1.165) is 21.5 Å². The molecule has 0 fully saturated rings. The molecule has 26 heavy (non-hydrogen) atoms. The molecule has 0 radical (unpaired) electrons. The molecular formula is C19H25ClN4OS. The van der Waals surface area contributed by atoms with E-state index in [2.05, 4.69) is 36.4 Å². The topological polar surface area (TPSA) is 72.9 Å². The van der Waals surface area contributed by atoms with Crippen molar-refractivity contribution in [1.82, 2.24) is 15.1 Å². The van der Waals surface area contributed by atoms with Crippen molar-refractivity contribution in [2.24, 2.45) is 12.8 Å². The van der Waals surface area contributed by atoms with E-state index in [9.17, 15) is 4.79 Å². The lowest BCUT2D eigenvalue weighted by Gasteiger charge is -2.14. The van der Waals surface area contributed by atoms with Gasteiger partial charge in [-0.15, -0.1) is 23.7 Å². The third kappa shape index (κ3) is 4.09. The Morgan fingerprint density at radius 2 is 1.88 bits per heavy atom. The van der Waals surface area contributed by atoms with Crippen molar-refractivity contribution in [2.45, 2.75) is 32.7 Å². The van der Waals surface area contributed by atoms with Crippen molar-refractivity contribution >= 4 is 39.9 Å². The van der Waals surface area contributed by atoms with Crippen LogP contribution in [-0.2, 0) is 7.05 Å². The van der Waals surface area contributed by atoms with Gasteiger partial charge in [-0.2, -0.15) is 5.10 Å². The lowest BCUT2D eigenvalue weighted by atomic mass is 9.99. The molecular weight excluding hydrogens is 368 g/mol. The lowest BCUT2D eigenvalue weighted by Crippen LogP contribution is -2.31. The highest BCUT2D eigenvalue weighted by Crippen LogP contribution is 2.27. The highest BCUT2D eigenvalue weighted by atomic mass is 35.5. The van der Waals surface area contributed by atoms with Crippen LogP contribution in [0.25, 0.3) is 10.2 Å². The van der Waals surface area contributed by atoms with Gasteiger partial charge in [0.25, 0.3) is 5.91 Å². The van der Waals surface area contributed by atoms with Gasteiger partial charge in [0.1, 0.15) is 4.83 Å². The van der Waals surface area contributed by atoms with E-state index < -0.39 is 0 Å². The second kappa shape index (κ2) is 8.20. The van der Waals surface area contributed by atoms with Gasteiger partial charge in [-0.1, -0.05) is 38.1 Å². The maximum atomic E-state index is 12.4. The smallest absolute Gasteiger partial charge is 0.261 e. The highest BCUT2D eigenvalue weighted by Gasteiger charge is 2.16. The third-order valence-corrected chi connectivity index (χ3v) is 5.63. The van der Waals surface area contributed by atoms with Crippen molar-refractivity contribution in [3.05, 3.63) is 52.0 Å². The Balaban J connectivity index is 0.00000243. The number of hydrogen-bond acceptors (Lipinski definition) is 4. The maximum Gasteiger partial charge on any atom is 0.261 e. The molecule has 1 atom stereocenters. The normalized spacial score (nSPS) is 12.2. The van der Waals surface area contributed by atoms with Crippen LogP contribution in [0, 0.1) is 6.92 Å². The summed E-state index contributed by atoms with van der Waals surface area (Å²) in [4.78, 5) is 14.1. The van der Waals surface area contributed by atoms with Crippen molar-refractivity contribution in [3.8, 4) is 0 Å². The molecule has 3 rings (SSSR count). The molecule has 3 aromatic rings. The number of aromatic nitrogens is 2. The largest absolute Gasteiger partial charge is 0.349 e. The van der Waals surface area contributed by atoms with E-state index in [1.807, 2.05) is 36.9 Å². The van der Waals surface area contributed by atoms with Gasteiger partial charge in [-0.3, -0.25) is 9.48 Å². The zero-order valence-corrected chi connectivity index (χ0v) is 17.1. The van der Waals surface area contributed by atoms with Gasteiger partial charge in [0.15, 0.2) is 0 Å². The number of halogens is 1. The minimum Gasteiger partial charge on any atom is -0.349 e. The zero-order chi connectivity index (χ0) is 18.1. The molecule has 0 aliphatic rings. The molecule has 0 bridgehead atoms. The average Bonchev–Trinajstić information content (AvgIpc) is 3.14. The summed E-state index contributed by atoms with van der Waals surface area (Å²) in [6, 6.07) is 9.97. The molecule has 0 saturated heterocycles. The fourth-order valence-corrected chi connectivity index (χ4v) is 3.89. The maximum absolute atomic E-state index is 12.4. The first-order chi connectivity index (χ1) is 11.9. The van der Waals surface area contributed by atoms with Crippen LogP contribution >= 0.6 is 23.7 Å². The molecule has 2 heterocycles. The van der Waals surface area contributed by atoms with E-state index in [-0.39, 0.29) is 24.4 Å². The fraction of sp³-hybridized carbons (Fsp3) is 0.368. The Morgan fingerprint density at radius 1 is 1.27 bits per heavy atom. The number of thiophene rings is 1. The number of rotatable bonds is 5. The minimum absolute atomic E-state index is 0. The van der Waals surface area contributed by atoms with E-state index in [1.54, 1.807) is 0 Å². The molecule has 3 N–H and O–H groups in total. The first-order valence-electron chi connectivity index (χ1n) is 8.43. The first-order valence-corrected chi connectivity index (χ1v) is 9.25. The number of hydrogen-bond donors (Lipinski definition) is 2. The molecule has 1 amide bonds. The van der Waals surface area contributed by atoms with Crippen LogP contribution in [-0.4, -0.2) is 22.2 Å². The van der Waals surface area contributed by atoms with Crippen molar-refractivity contribution < 1.29 is 4.79 Å². The van der Waals surface area contributed by atoms with E-state index in [0.29, 0.717) is 17.3 Å². The zero-order valence-electron chi connectivity index (χ0n) is 15.4. The van der Waals surface area contributed by atoms with Crippen molar-refractivity contribution in [2.75, 3.05) is 6.54 Å². The molecule has 0 spiro atoms. The fourth-order valence-electron chi connectivity index (χ4n) is 2.85. The van der Waals surface area contributed by atoms with E-state index in [4.69, 9.17) is 5.73 Å². The predicted octanol–water partition coefficient (Wildman–Crippen LogP) is 3.92. The Labute approximate surface area is 164 Å². The molecule has 140 valence electrons. The van der Waals surface area contributed by atoms with Crippen molar-refractivity contribution in [3.63, 3.8) is 0 Å². The molecule has 0 aliphatic heterocycles. The summed E-state index contributed by atoms with van der Waals surface area (Å²) < 4.78 is 1.81. The van der Waals surface area contributed by atoms with Crippen LogP contribution < -0.4 is 11.1 Å². The van der Waals surface area contributed by atoms with Gasteiger partial charge in [-0.25, -0.2) is 0 Å². The van der Waals surface area contributed by atoms with E-state index >= 15 is 0 Å². The number of carbonyl (C=O) groups excluding carboxylic acids is 1. The number of carbonyl (C=O) groups is 1. The summed E-state index contributed by atoms with van der Waals surface area (Å²) in [6.07, 6.45) is 0. The van der Waals surface area contributed by atoms with Crippen molar-refractivity contribution in [1.29, 1.82) is 0 Å². The van der Waals surface area contributed by atoms with Gasteiger partial charge < -0.3 is 11.1 Å². The van der Waals surface area contributed by atoms with Gasteiger partial charge in [0.2, 0.25) is 0 Å². The van der Waals surface area contributed by atoms with Crippen LogP contribution in [0.15, 0.2) is 30.3 Å². The number of nitrogens with one attached hydrogen (secondary N) is 1. The number of amides is 1. The summed E-state index contributed by atoms with van der Waals surface area (Å²) >= 11 is 1.45. The summed E-state index contributed by atoms with van der Waals surface area (Å²) in [5, 5.41) is 8.33. The molecule has 2 aromatic heterocycles. The molecule has 5 nitrogen and oxygen atoms in total. The second-order valence-corrected chi connectivity index (χ2v) is 7.71. The summed E-state index contributed by atoms with van der Waals surface area (Å²) in [5.74, 6) is 0.408. The van der Waals surface area contributed by atoms with Gasteiger partial charge in [-0.05, 0) is 30.0 Å². The van der Waals surface area contributed by atoms with E-state index in [1.165, 1.54) is 16.9 Å². The summed E-state index contributed by atoms with van der Waals surface area (Å²) in [6.45, 7) is 6.69. The molecule has 7 heteroatoms. The van der Waals surface area contributed by atoms with Gasteiger partial charge in [0.05, 0.1) is 10.6 Å². The summed E-state index contributed by atoms with van der Waals surface area (Å²) in [7, 11) is 1.89. The standard InChI is InChI=1S/C19H24N4OS.ClH/c1-11(2)13-5-7-14(8-6-13)16(20)10-21-18(24)17-9-15-12(3)22-23(4)19(15)25-17;/h5-9,11,16H,10,20H2,1-4H3,(H,21,24);1H. The predicted molar refractivity (Wildman–Crippen MR) is 110 cm³/mol. The van der Waals surface area contributed by atoms with Crippen LogP contribution in [0.2, 0.25) is 0 Å². The first kappa shape index (κ1) is 20.4. The SMILES string of the molecule is Cc1nn(C)c2sc(C(=O)NCC(N)c3ccc(C(C)C)cc3)cc12.Cl. The van der Waals surface area contributed by atoms with Crippen LogP contribution in [0.3, 0.4) is 0 Å². The van der Waals surface area contributed by atoms with Gasteiger partial charge >= 0.3 is 0 Å². The molecule has 0 saturated carbocycles. The highest BCUT2D eigenvalue weighted by molar-refractivity contribution is 7.20. The van der Waals surface area contributed by atoms with Crippen LogP contribution in [0.5, 0.6) is 0 Å². The summed E-state index contributed by atoms with van der Waals surface area (Å²) in [5.41, 5.74) is 9.48. The lowest BCUT2D eigenvalue weighted by molar-refractivity contribution is 0.0955. The number of fused-ring (bicyclic) bond motifs is 1. The third-order valence-electron chi connectivity index (χ3n) is 4.43. The Morgan fingerprint density at radius 3 is 2.46 bits per heavy atom. The second-order valence-electron chi connectivity index (χ2n) is 6.68. The number of nitrogens with zero attached hydrogens (tertiary/aromatic N) is 2. The van der Waals surface area contributed by atoms with Crippen LogP contribution in [0.1, 0.15) is 52.3 Å². The average molecular weight is 393 g/mol. The molecule has 1 aromatic carbocycles. The Hall–Kier alpha value is -1.89. The van der Waals surface area contributed by atoms with Gasteiger partial charge in [0, 0.05) is 25.0 Å². The molecule has 0 aliphatic carbocycles. The molecule has 1 unspecified atom stereocenters. The minimum atomic E-state index is -0.219. The Kier molecular flexibility index (Phi) is 6.44. The number of benzene rings is 1. The number of aryl methyl sites for hydroxylation is 2. The Bertz CT molecular complexity index is 864. The number of nitrogens with two attached hydrogens (primary N) is 1. The quantitative estimate of drug-likeness (QED) is 0.691.